The Labute approximate surface area is 120 Å². The fraction of sp³-hybridized carbons (Fsp3) is 1.00. The second kappa shape index (κ2) is 14.4. The Morgan fingerprint density at radius 2 is 1.42 bits per heavy atom. The Balaban J connectivity index is 3.85. The van der Waals surface area contributed by atoms with Gasteiger partial charge in [0.1, 0.15) is 6.29 Å². The summed E-state index contributed by atoms with van der Waals surface area (Å²) in [6.45, 7) is 9.51. The molecule has 1 unspecified atom stereocenters. The Morgan fingerprint density at radius 3 is 1.89 bits per heavy atom. The van der Waals surface area contributed by atoms with E-state index in [-0.39, 0.29) is 6.29 Å². The lowest BCUT2D eigenvalue weighted by Crippen LogP contribution is -2.28. The standard InChI is InChI=1S/C13H30O5Si/c1-5-9-12(14-8-4)17-19-18-13(15-10-6-2)16-11-7-3/h12-13H,5-11,19H2,1-4H3. The van der Waals surface area contributed by atoms with Gasteiger partial charge in [0.25, 0.3) is 6.48 Å². The molecule has 0 amide bonds. The minimum Gasteiger partial charge on any atom is -0.372 e. The van der Waals surface area contributed by atoms with E-state index in [9.17, 15) is 0 Å². The molecule has 6 heteroatoms. The topological polar surface area (TPSA) is 46.2 Å². The summed E-state index contributed by atoms with van der Waals surface area (Å²) in [5, 5.41) is 0. The second-order valence-electron chi connectivity index (χ2n) is 4.16. The van der Waals surface area contributed by atoms with Crippen molar-refractivity contribution in [2.24, 2.45) is 0 Å². The van der Waals surface area contributed by atoms with Gasteiger partial charge in [-0.3, -0.25) is 0 Å². The van der Waals surface area contributed by atoms with Crippen LogP contribution in [0.25, 0.3) is 0 Å². The molecule has 0 heterocycles. The van der Waals surface area contributed by atoms with Crippen LogP contribution in [-0.2, 0) is 23.1 Å². The SMILES string of the molecule is CCCOC(OCCC)O[SiH2]OC(CCC)OCC. The van der Waals surface area contributed by atoms with Gasteiger partial charge in [-0.15, -0.1) is 0 Å². The van der Waals surface area contributed by atoms with Crippen molar-refractivity contribution in [3.8, 4) is 0 Å². The first-order valence-electron chi connectivity index (χ1n) is 7.36. The van der Waals surface area contributed by atoms with E-state index >= 15 is 0 Å². The molecule has 0 spiro atoms. The van der Waals surface area contributed by atoms with Gasteiger partial charge < -0.3 is 23.1 Å². The molecule has 0 saturated heterocycles. The third-order valence-electron chi connectivity index (χ3n) is 2.25. The van der Waals surface area contributed by atoms with Crippen LogP contribution in [0.15, 0.2) is 0 Å². The summed E-state index contributed by atoms with van der Waals surface area (Å²) < 4.78 is 27.6. The maximum Gasteiger partial charge on any atom is 0.311 e. The van der Waals surface area contributed by atoms with Crippen molar-refractivity contribution in [3.05, 3.63) is 0 Å². The molecule has 0 fully saturated rings. The highest BCUT2D eigenvalue weighted by molar-refractivity contribution is 6.18. The average Bonchev–Trinajstić information content (AvgIpc) is 2.41. The zero-order valence-electron chi connectivity index (χ0n) is 12.9. The van der Waals surface area contributed by atoms with Crippen molar-refractivity contribution < 1.29 is 23.1 Å². The first kappa shape index (κ1) is 19.0. The summed E-state index contributed by atoms with van der Waals surface area (Å²) in [5.41, 5.74) is 0. The van der Waals surface area contributed by atoms with Crippen molar-refractivity contribution >= 4 is 10.0 Å². The molecular formula is C13H30O5Si. The highest BCUT2D eigenvalue weighted by atomic mass is 28.3. The van der Waals surface area contributed by atoms with Crippen LogP contribution >= 0.6 is 0 Å². The zero-order chi connectivity index (χ0) is 14.3. The van der Waals surface area contributed by atoms with Crippen molar-refractivity contribution in [2.75, 3.05) is 19.8 Å². The van der Waals surface area contributed by atoms with Gasteiger partial charge >= 0.3 is 10.0 Å². The van der Waals surface area contributed by atoms with E-state index in [4.69, 9.17) is 23.1 Å². The van der Waals surface area contributed by atoms with Gasteiger partial charge in [-0.25, -0.2) is 0 Å². The van der Waals surface area contributed by atoms with E-state index in [1.54, 1.807) is 0 Å². The van der Waals surface area contributed by atoms with Crippen molar-refractivity contribution in [1.29, 1.82) is 0 Å². The van der Waals surface area contributed by atoms with E-state index in [1.165, 1.54) is 0 Å². The Bertz CT molecular complexity index is 168. The van der Waals surface area contributed by atoms with E-state index in [0.29, 0.717) is 19.8 Å². The predicted octanol–water partition coefficient (Wildman–Crippen LogP) is 2.32. The molecule has 19 heavy (non-hydrogen) atoms. The molecule has 0 radical (unpaired) electrons. The highest BCUT2D eigenvalue weighted by Crippen LogP contribution is 2.05. The number of ether oxygens (including phenoxy) is 3. The van der Waals surface area contributed by atoms with Gasteiger partial charge in [0.2, 0.25) is 0 Å². The lowest BCUT2D eigenvalue weighted by atomic mass is 10.3. The number of hydrogen-bond donors (Lipinski definition) is 0. The molecule has 0 aromatic rings. The van der Waals surface area contributed by atoms with Crippen LogP contribution in [0.1, 0.15) is 53.4 Å². The van der Waals surface area contributed by atoms with E-state index in [1.807, 2.05) is 6.92 Å². The Hall–Kier alpha value is 0.0169. The van der Waals surface area contributed by atoms with Gasteiger partial charge in [-0.05, 0) is 26.2 Å². The molecule has 0 rings (SSSR count). The van der Waals surface area contributed by atoms with Crippen LogP contribution in [0.5, 0.6) is 0 Å². The minimum atomic E-state index is -1.16. The molecule has 0 aromatic carbocycles. The summed E-state index contributed by atoms with van der Waals surface area (Å²) in [5.74, 6) is 0. The van der Waals surface area contributed by atoms with E-state index in [0.717, 1.165) is 25.7 Å². The van der Waals surface area contributed by atoms with E-state index in [2.05, 4.69) is 20.8 Å². The average molecular weight is 294 g/mol. The van der Waals surface area contributed by atoms with Crippen molar-refractivity contribution in [1.82, 2.24) is 0 Å². The van der Waals surface area contributed by atoms with Gasteiger partial charge in [0, 0.05) is 6.61 Å². The normalized spacial score (nSPS) is 13.7. The fourth-order valence-electron chi connectivity index (χ4n) is 1.38. The van der Waals surface area contributed by atoms with Crippen LogP contribution in [-0.4, -0.2) is 42.6 Å². The van der Waals surface area contributed by atoms with Gasteiger partial charge in [-0.1, -0.05) is 27.2 Å². The molecule has 0 aliphatic carbocycles. The third kappa shape index (κ3) is 11.5. The maximum absolute atomic E-state index is 5.65. The number of rotatable bonds is 14. The minimum absolute atomic E-state index is 0.153. The third-order valence-corrected chi connectivity index (χ3v) is 3.17. The van der Waals surface area contributed by atoms with Crippen molar-refractivity contribution in [3.63, 3.8) is 0 Å². The van der Waals surface area contributed by atoms with Gasteiger partial charge in [-0.2, -0.15) is 0 Å². The van der Waals surface area contributed by atoms with Crippen LogP contribution in [0.2, 0.25) is 0 Å². The van der Waals surface area contributed by atoms with Gasteiger partial charge in [0.05, 0.1) is 13.2 Å². The van der Waals surface area contributed by atoms with Crippen molar-refractivity contribution in [2.45, 2.75) is 66.1 Å². The van der Waals surface area contributed by atoms with Gasteiger partial charge in [0.15, 0.2) is 0 Å². The molecular weight excluding hydrogens is 264 g/mol. The first-order chi connectivity index (χ1) is 9.28. The maximum atomic E-state index is 5.65. The molecule has 0 aliphatic rings. The second-order valence-corrected chi connectivity index (χ2v) is 5.06. The zero-order valence-corrected chi connectivity index (χ0v) is 14.3. The largest absolute Gasteiger partial charge is 0.372 e. The van der Waals surface area contributed by atoms with Crippen LogP contribution in [0.3, 0.4) is 0 Å². The summed E-state index contributed by atoms with van der Waals surface area (Å²) in [7, 11) is -1.16. The molecule has 0 N–H and O–H groups in total. The molecule has 0 saturated carbocycles. The van der Waals surface area contributed by atoms with Crippen LogP contribution < -0.4 is 0 Å². The first-order valence-corrected chi connectivity index (χ1v) is 8.51. The molecule has 0 aliphatic heterocycles. The lowest BCUT2D eigenvalue weighted by molar-refractivity contribution is -0.254. The summed E-state index contributed by atoms with van der Waals surface area (Å²) in [6, 6.07) is 0. The highest BCUT2D eigenvalue weighted by Gasteiger charge is 2.12. The van der Waals surface area contributed by atoms with E-state index < -0.39 is 16.5 Å². The Morgan fingerprint density at radius 1 is 0.789 bits per heavy atom. The number of hydrogen-bond acceptors (Lipinski definition) is 5. The molecule has 116 valence electrons. The Kier molecular flexibility index (Phi) is 14.4. The summed E-state index contributed by atoms with van der Waals surface area (Å²) in [6.07, 6.45) is 3.64. The van der Waals surface area contributed by atoms with Crippen LogP contribution in [0.4, 0.5) is 0 Å². The molecule has 5 nitrogen and oxygen atoms in total. The quantitative estimate of drug-likeness (QED) is 0.363. The molecule has 0 bridgehead atoms. The summed E-state index contributed by atoms with van der Waals surface area (Å²) in [4.78, 5) is 0. The monoisotopic (exact) mass is 294 g/mol. The summed E-state index contributed by atoms with van der Waals surface area (Å²) >= 11 is 0. The lowest BCUT2D eigenvalue weighted by Gasteiger charge is -2.21. The fourth-order valence-corrected chi connectivity index (χ4v) is 2.18. The molecule has 0 aromatic heterocycles. The van der Waals surface area contributed by atoms with Crippen LogP contribution in [0, 0.1) is 0 Å². The molecule has 1 atom stereocenters. The smallest absolute Gasteiger partial charge is 0.311 e. The predicted molar refractivity (Wildman–Crippen MR) is 77.3 cm³/mol.